The molecule has 2 heterocycles. The average Bonchev–Trinajstić information content (AvgIpc) is 2.98. The zero-order chi connectivity index (χ0) is 16.3. The molecule has 2 saturated heterocycles. The maximum Gasteiger partial charge on any atom is 0.409 e. The van der Waals surface area contributed by atoms with E-state index in [9.17, 15) is 4.79 Å². The summed E-state index contributed by atoms with van der Waals surface area (Å²) in [5, 5.41) is 0. The summed E-state index contributed by atoms with van der Waals surface area (Å²) in [4.78, 5) is 20.7. The van der Waals surface area contributed by atoms with E-state index in [1.165, 1.54) is 45.2 Å². The van der Waals surface area contributed by atoms with Crippen LogP contribution in [0.2, 0.25) is 0 Å². The number of ether oxygens (including phenoxy) is 1. The minimum absolute atomic E-state index is 0.127. The normalized spacial score (nSPS) is 28.4. The van der Waals surface area contributed by atoms with Gasteiger partial charge in [0.15, 0.2) is 0 Å². The van der Waals surface area contributed by atoms with Gasteiger partial charge in [0.05, 0.1) is 6.61 Å². The third-order valence-electron chi connectivity index (χ3n) is 5.84. The van der Waals surface area contributed by atoms with Gasteiger partial charge in [-0.05, 0) is 65.0 Å². The summed E-state index contributed by atoms with van der Waals surface area (Å²) in [6.45, 7) is 9.58. The first-order chi connectivity index (χ1) is 11.2. The van der Waals surface area contributed by atoms with Crippen LogP contribution in [0.3, 0.4) is 0 Å². The monoisotopic (exact) mass is 321 g/mol. The SMILES string of the molecule is CCN=CC1CCN(C2CCC3(C2)CN(C(=O)OCC)C3)CC1. The summed E-state index contributed by atoms with van der Waals surface area (Å²) in [5.74, 6) is 0.685. The van der Waals surface area contributed by atoms with Gasteiger partial charge in [-0.15, -0.1) is 0 Å². The summed E-state index contributed by atoms with van der Waals surface area (Å²) in [7, 11) is 0. The maximum absolute atomic E-state index is 11.8. The second-order valence-corrected chi connectivity index (χ2v) is 7.47. The van der Waals surface area contributed by atoms with Crippen LogP contribution in [0, 0.1) is 11.3 Å². The van der Waals surface area contributed by atoms with Crippen molar-refractivity contribution in [1.29, 1.82) is 0 Å². The number of aliphatic imine (C=N–C) groups is 1. The van der Waals surface area contributed by atoms with Crippen molar-refractivity contribution in [2.45, 2.75) is 52.0 Å². The Morgan fingerprint density at radius 1 is 1.26 bits per heavy atom. The minimum Gasteiger partial charge on any atom is -0.450 e. The quantitative estimate of drug-likeness (QED) is 0.748. The van der Waals surface area contributed by atoms with E-state index in [4.69, 9.17) is 4.74 Å². The van der Waals surface area contributed by atoms with E-state index in [-0.39, 0.29) is 6.09 Å². The lowest BCUT2D eigenvalue weighted by molar-refractivity contribution is -0.00364. The van der Waals surface area contributed by atoms with E-state index >= 15 is 0 Å². The van der Waals surface area contributed by atoms with Gasteiger partial charge in [-0.2, -0.15) is 0 Å². The molecule has 3 rings (SSSR count). The van der Waals surface area contributed by atoms with Crippen LogP contribution in [0.1, 0.15) is 46.0 Å². The third kappa shape index (κ3) is 3.70. The third-order valence-corrected chi connectivity index (χ3v) is 5.84. The summed E-state index contributed by atoms with van der Waals surface area (Å²) >= 11 is 0. The summed E-state index contributed by atoms with van der Waals surface area (Å²) in [6, 6.07) is 0.725. The molecule has 0 radical (unpaired) electrons. The first-order valence-electron chi connectivity index (χ1n) is 9.31. The molecule has 3 fully saturated rings. The molecule has 0 aromatic heterocycles. The van der Waals surface area contributed by atoms with Crippen LogP contribution in [0.25, 0.3) is 0 Å². The Kier molecular flexibility index (Phi) is 5.24. The van der Waals surface area contributed by atoms with Crippen LogP contribution in [-0.2, 0) is 4.74 Å². The van der Waals surface area contributed by atoms with E-state index in [0.29, 0.717) is 17.9 Å². The van der Waals surface area contributed by atoms with E-state index in [0.717, 1.165) is 25.7 Å². The molecule has 1 unspecified atom stereocenters. The van der Waals surface area contributed by atoms with Gasteiger partial charge < -0.3 is 14.5 Å². The molecule has 1 aliphatic carbocycles. The molecule has 0 aromatic carbocycles. The predicted molar refractivity (Wildman–Crippen MR) is 92.0 cm³/mol. The van der Waals surface area contributed by atoms with Gasteiger partial charge in [0.2, 0.25) is 0 Å². The van der Waals surface area contributed by atoms with Crippen LogP contribution in [0.4, 0.5) is 4.79 Å². The average molecular weight is 321 g/mol. The molecule has 3 aliphatic rings. The number of rotatable bonds is 4. The van der Waals surface area contributed by atoms with Crippen molar-refractivity contribution in [2.24, 2.45) is 16.3 Å². The van der Waals surface area contributed by atoms with Crippen molar-refractivity contribution in [2.75, 3.05) is 39.3 Å². The van der Waals surface area contributed by atoms with Gasteiger partial charge in [-0.1, -0.05) is 0 Å². The molecular weight excluding hydrogens is 290 g/mol. The first-order valence-corrected chi connectivity index (χ1v) is 9.31. The Balaban J connectivity index is 1.43. The van der Waals surface area contributed by atoms with Crippen molar-refractivity contribution in [3.63, 3.8) is 0 Å². The molecule has 1 amide bonds. The first kappa shape index (κ1) is 16.7. The highest BCUT2D eigenvalue weighted by molar-refractivity contribution is 5.69. The molecule has 2 aliphatic heterocycles. The lowest BCUT2D eigenvalue weighted by atomic mass is 9.78. The number of amides is 1. The van der Waals surface area contributed by atoms with Crippen LogP contribution < -0.4 is 0 Å². The Labute approximate surface area is 140 Å². The Bertz CT molecular complexity index is 438. The van der Waals surface area contributed by atoms with Gasteiger partial charge in [-0.3, -0.25) is 4.99 Å². The molecule has 5 nitrogen and oxygen atoms in total. The highest BCUT2D eigenvalue weighted by Crippen LogP contribution is 2.47. The Morgan fingerprint density at radius 2 is 2.00 bits per heavy atom. The van der Waals surface area contributed by atoms with Gasteiger partial charge in [0.25, 0.3) is 0 Å². The number of hydrogen-bond acceptors (Lipinski definition) is 4. The summed E-state index contributed by atoms with van der Waals surface area (Å²) in [5.41, 5.74) is 0.387. The van der Waals surface area contributed by atoms with Crippen LogP contribution in [-0.4, -0.2) is 67.5 Å². The van der Waals surface area contributed by atoms with Crippen LogP contribution in [0.5, 0.6) is 0 Å². The maximum atomic E-state index is 11.8. The van der Waals surface area contributed by atoms with Gasteiger partial charge in [0, 0.05) is 37.3 Å². The van der Waals surface area contributed by atoms with Crippen molar-refractivity contribution >= 4 is 12.3 Å². The molecule has 1 spiro atoms. The molecular formula is C18H31N3O2. The standard InChI is InChI=1S/C18H31N3O2/c1-3-19-12-15-6-9-20(10-7-15)16-5-8-18(11-16)13-21(14-18)17(22)23-4-2/h12,15-16H,3-11,13-14H2,1-2H3. The fourth-order valence-electron chi connectivity index (χ4n) is 4.57. The zero-order valence-corrected chi connectivity index (χ0v) is 14.7. The number of piperidine rings is 1. The second kappa shape index (κ2) is 7.20. The molecule has 1 atom stereocenters. The summed E-state index contributed by atoms with van der Waals surface area (Å²) < 4.78 is 5.10. The number of likely N-dealkylation sites (tertiary alicyclic amines) is 2. The lowest BCUT2D eigenvalue weighted by Crippen LogP contribution is -2.58. The second-order valence-electron chi connectivity index (χ2n) is 7.47. The van der Waals surface area contributed by atoms with Gasteiger partial charge in [-0.25, -0.2) is 4.79 Å². The highest BCUT2D eigenvalue weighted by atomic mass is 16.6. The van der Waals surface area contributed by atoms with Crippen molar-refractivity contribution in [3.8, 4) is 0 Å². The zero-order valence-electron chi connectivity index (χ0n) is 14.7. The largest absolute Gasteiger partial charge is 0.450 e. The smallest absolute Gasteiger partial charge is 0.409 e. The highest BCUT2D eigenvalue weighted by Gasteiger charge is 2.51. The van der Waals surface area contributed by atoms with Crippen molar-refractivity contribution in [3.05, 3.63) is 0 Å². The molecule has 0 bridgehead atoms. The van der Waals surface area contributed by atoms with E-state index in [2.05, 4.69) is 23.0 Å². The fourth-order valence-corrected chi connectivity index (χ4v) is 4.57. The predicted octanol–water partition coefficient (Wildman–Crippen LogP) is 2.80. The van der Waals surface area contributed by atoms with Crippen LogP contribution >= 0.6 is 0 Å². The summed E-state index contributed by atoms with van der Waals surface area (Å²) in [6.07, 6.45) is 8.38. The Hall–Kier alpha value is -1.10. The molecule has 0 aromatic rings. The van der Waals surface area contributed by atoms with Gasteiger partial charge in [0.1, 0.15) is 0 Å². The van der Waals surface area contributed by atoms with Crippen LogP contribution in [0.15, 0.2) is 4.99 Å². The molecule has 23 heavy (non-hydrogen) atoms. The van der Waals surface area contributed by atoms with Gasteiger partial charge >= 0.3 is 6.09 Å². The van der Waals surface area contributed by atoms with Crippen molar-refractivity contribution in [1.82, 2.24) is 9.80 Å². The fraction of sp³-hybridized carbons (Fsp3) is 0.889. The number of hydrogen-bond donors (Lipinski definition) is 0. The molecule has 0 N–H and O–H groups in total. The van der Waals surface area contributed by atoms with E-state index in [1.54, 1.807) is 0 Å². The van der Waals surface area contributed by atoms with E-state index < -0.39 is 0 Å². The number of nitrogens with zero attached hydrogens (tertiary/aromatic N) is 3. The minimum atomic E-state index is -0.127. The lowest BCUT2D eigenvalue weighted by Gasteiger charge is -2.48. The van der Waals surface area contributed by atoms with Crippen molar-refractivity contribution < 1.29 is 9.53 Å². The topological polar surface area (TPSA) is 45.1 Å². The molecule has 1 saturated carbocycles. The Morgan fingerprint density at radius 3 is 2.65 bits per heavy atom. The van der Waals surface area contributed by atoms with E-state index in [1.807, 2.05) is 11.8 Å². The molecule has 5 heteroatoms. The molecule has 130 valence electrons. The number of carbonyl (C=O) groups is 1. The number of carbonyl (C=O) groups excluding carboxylic acids is 1.